The summed E-state index contributed by atoms with van der Waals surface area (Å²) in [6.45, 7) is 8.39. The number of nitrogens with zero attached hydrogens (tertiary/aromatic N) is 2. The summed E-state index contributed by atoms with van der Waals surface area (Å²) >= 11 is 0. The van der Waals surface area contributed by atoms with Crippen LogP contribution in [0.15, 0.2) is 91.5 Å². The highest BCUT2D eigenvalue weighted by Gasteiger charge is 2.13. The van der Waals surface area contributed by atoms with Crippen LogP contribution in [-0.2, 0) is 0 Å². The van der Waals surface area contributed by atoms with E-state index in [0.29, 0.717) is 0 Å². The van der Waals surface area contributed by atoms with E-state index in [-0.39, 0.29) is 0 Å². The van der Waals surface area contributed by atoms with E-state index in [4.69, 9.17) is 0 Å². The zero-order chi connectivity index (χ0) is 20.9. The highest BCUT2D eigenvalue weighted by molar-refractivity contribution is 5.82. The molecule has 0 bridgehead atoms. The highest BCUT2D eigenvalue weighted by atomic mass is 15.1. The lowest BCUT2D eigenvalue weighted by Gasteiger charge is -2.21. The van der Waals surface area contributed by atoms with Gasteiger partial charge >= 0.3 is 0 Å². The highest BCUT2D eigenvalue weighted by Crippen LogP contribution is 2.30. The van der Waals surface area contributed by atoms with Gasteiger partial charge in [-0.25, -0.2) is 0 Å². The maximum atomic E-state index is 3.93. The predicted octanol–water partition coefficient (Wildman–Crippen LogP) is 6.98. The van der Waals surface area contributed by atoms with E-state index in [2.05, 4.69) is 109 Å². The number of rotatable bonds is 6. The second kappa shape index (κ2) is 9.04. The van der Waals surface area contributed by atoms with Gasteiger partial charge in [0, 0.05) is 37.2 Å². The molecule has 0 aromatic heterocycles. The Hall–Kier alpha value is -3.26. The Morgan fingerprint density at radius 3 is 1.83 bits per heavy atom. The van der Waals surface area contributed by atoms with Crippen LogP contribution in [0.3, 0.4) is 0 Å². The second-order valence-electron chi connectivity index (χ2n) is 8.00. The number of aryl methyl sites for hydroxylation is 1. The first-order valence-corrected chi connectivity index (χ1v) is 10.7. The molecule has 0 unspecified atom stereocenters. The Morgan fingerprint density at radius 1 is 0.800 bits per heavy atom. The third-order valence-electron chi connectivity index (χ3n) is 5.92. The van der Waals surface area contributed by atoms with E-state index in [1.165, 1.54) is 65.3 Å². The van der Waals surface area contributed by atoms with Crippen LogP contribution in [-0.4, -0.2) is 20.1 Å². The van der Waals surface area contributed by atoms with E-state index in [1.807, 2.05) is 6.08 Å². The van der Waals surface area contributed by atoms with Gasteiger partial charge in [-0.15, -0.1) is 0 Å². The molecule has 1 saturated heterocycles. The van der Waals surface area contributed by atoms with Crippen molar-refractivity contribution in [3.8, 4) is 0 Å². The average molecular weight is 395 g/mol. The van der Waals surface area contributed by atoms with E-state index in [0.717, 1.165) is 0 Å². The molecule has 0 amide bonds. The summed E-state index contributed by atoms with van der Waals surface area (Å²) in [4.78, 5) is 4.68. The minimum Gasteiger partial charge on any atom is -0.372 e. The van der Waals surface area contributed by atoms with Crippen molar-refractivity contribution >= 4 is 22.6 Å². The molecule has 4 rings (SSSR count). The number of allylic oxidation sites excluding steroid dienone is 2. The van der Waals surface area contributed by atoms with Gasteiger partial charge in [0.05, 0.1) is 0 Å². The summed E-state index contributed by atoms with van der Waals surface area (Å²) in [5.74, 6) is 0. The molecule has 1 heterocycles. The van der Waals surface area contributed by atoms with Crippen LogP contribution >= 0.6 is 0 Å². The van der Waals surface area contributed by atoms with Gasteiger partial charge in [-0.05, 0) is 72.9 Å². The molecule has 1 aliphatic rings. The normalized spacial score (nSPS) is 14.1. The molecule has 0 N–H and O–H groups in total. The van der Waals surface area contributed by atoms with E-state index in [1.54, 1.807) is 0 Å². The number of hydrogen-bond acceptors (Lipinski definition) is 2. The van der Waals surface area contributed by atoms with Crippen molar-refractivity contribution in [1.82, 2.24) is 0 Å². The third-order valence-corrected chi connectivity index (χ3v) is 5.92. The van der Waals surface area contributed by atoms with Gasteiger partial charge in [0.25, 0.3) is 0 Å². The number of benzene rings is 3. The van der Waals surface area contributed by atoms with Crippen LogP contribution in [0.25, 0.3) is 5.57 Å². The van der Waals surface area contributed by atoms with Crippen molar-refractivity contribution in [3.63, 3.8) is 0 Å². The first-order valence-electron chi connectivity index (χ1n) is 10.7. The van der Waals surface area contributed by atoms with Crippen molar-refractivity contribution in [2.24, 2.45) is 0 Å². The first-order chi connectivity index (χ1) is 14.7. The maximum Gasteiger partial charge on any atom is 0.0408 e. The summed E-state index contributed by atoms with van der Waals surface area (Å²) in [6, 6.07) is 26.3. The smallest absolute Gasteiger partial charge is 0.0408 e. The van der Waals surface area contributed by atoms with Gasteiger partial charge in [0.2, 0.25) is 0 Å². The summed E-state index contributed by atoms with van der Waals surface area (Å²) < 4.78 is 0. The van der Waals surface area contributed by atoms with Crippen molar-refractivity contribution in [1.29, 1.82) is 0 Å². The summed E-state index contributed by atoms with van der Waals surface area (Å²) in [6.07, 6.45) is 6.57. The molecule has 0 atom stereocenters. The molecule has 0 spiro atoms. The lowest BCUT2D eigenvalue weighted by Crippen LogP contribution is -2.17. The fourth-order valence-corrected chi connectivity index (χ4v) is 4.09. The average Bonchev–Trinajstić information content (AvgIpc) is 3.33. The van der Waals surface area contributed by atoms with Crippen LogP contribution in [0.1, 0.15) is 29.5 Å². The van der Waals surface area contributed by atoms with Gasteiger partial charge < -0.3 is 9.80 Å². The first kappa shape index (κ1) is 20.0. The van der Waals surface area contributed by atoms with Gasteiger partial charge in [-0.1, -0.05) is 60.7 Å². The number of hydrogen-bond donors (Lipinski definition) is 0. The van der Waals surface area contributed by atoms with Crippen LogP contribution in [0.4, 0.5) is 17.1 Å². The minimum absolute atomic E-state index is 1.17. The molecule has 2 heteroatoms. The van der Waals surface area contributed by atoms with Crippen LogP contribution < -0.4 is 9.80 Å². The fourth-order valence-electron chi connectivity index (χ4n) is 4.09. The molecule has 0 aliphatic carbocycles. The molecule has 30 heavy (non-hydrogen) atoms. The molecular weight excluding hydrogens is 364 g/mol. The molecule has 2 nitrogen and oxygen atoms in total. The SMILES string of the molecule is C=CC=C(c1ccc(N2CCCC2)cc1)c1ccc(N(C)c2ccc(C)cc2)cc1. The minimum atomic E-state index is 1.17. The lowest BCUT2D eigenvalue weighted by atomic mass is 9.97. The summed E-state index contributed by atoms with van der Waals surface area (Å²) in [5.41, 5.74) is 8.57. The standard InChI is InChI=1S/C28H30N2/c1-4-7-28(24-12-18-27(19-13-24)30-20-5-6-21-30)23-10-16-26(17-11-23)29(3)25-14-8-22(2)9-15-25/h4,7-19H,1,5-6,20-21H2,2-3H3. The topological polar surface area (TPSA) is 6.48 Å². The quantitative estimate of drug-likeness (QED) is 0.416. The van der Waals surface area contributed by atoms with Gasteiger partial charge in [-0.3, -0.25) is 0 Å². The van der Waals surface area contributed by atoms with E-state index in [9.17, 15) is 0 Å². The lowest BCUT2D eigenvalue weighted by molar-refractivity contribution is 0.949. The third kappa shape index (κ3) is 4.33. The van der Waals surface area contributed by atoms with E-state index >= 15 is 0 Å². The van der Waals surface area contributed by atoms with Gasteiger partial charge in [0.15, 0.2) is 0 Å². The molecular formula is C28H30N2. The molecule has 0 saturated carbocycles. The molecule has 1 aliphatic heterocycles. The van der Waals surface area contributed by atoms with Crippen molar-refractivity contribution in [2.45, 2.75) is 19.8 Å². The Labute approximate surface area is 180 Å². The Bertz CT molecular complexity index is 1010. The Kier molecular flexibility index (Phi) is 6.04. The van der Waals surface area contributed by atoms with Crippen molar-refractivity contribution in [3.05, 3.63) is 108 Å². The fraction of sp³-hybridized carbons (Fsp3) is 0.214. The molecule has 152 valence electrons. The number of anilines is 3. The Balaban J connectivity index is 1.56. The summed E-state index contributed by atoms with van der Waals surface area (Å²) in [7, 11) is 2.11. The summed E-state index contributed by atoms with van der Waals surface area (Å²) in [5, 5.41) is 0. The zero-order valence-corrected chi connectivity index (χ0v) is 18.0. The monoisotopic (exact) mass is 394 g/mol. The van der Waals surface area contributed by atoms with Gasteiger partial charge in [0.1, 0.15) is 0 Å². The van der Waals surface area contributed by atoms with Crippen molar-refractivity contribution in [2.75, 3.05) is 29.9 Å². The predicted molar refractivity (Wildman–Crippen MR) is 131 cm³/mol. The molecule has 0 radical (unpaired) electrons. The Morgan fingerprint density at radius 2 is 1.30 bits per heavy atom. The molecule has 3 aromatic carbocycles. The van der Waals surface area contributed by atoms with E-state index < -0.39 is 0 Å². The largest absolute Gasteiger partial charge is 0.372 e. The van der Waals surface area contributed by atoms with Gasteiger partial charge in [-0.2, -0.15) is 0 Å². The maximum absolute atomic E-state index is 3.93. The zero-order valence-electron chi connectivity index (χ0n) is 18.0. The van der Waals surface area contributed by atoms with Crippen LogP contribution in [0, 0.1) is 6.92 Å². The van der Waals surface area contributed by atoms with Crippen molar-refractivity contribution < 1.29 is 0 Å². The van der Waals surface area contributed by atoms with Crippen LogP contribution in [0.2, 0.25) is 0 Å². The second-order valence-corrected chi connectivity index (χ2v) is 8.00. The molecule has 3 aromatic rings. The van der Waals surface area contributed by atoms with Crippen LogP contribution in [0.5, 0.6) is 0 Å². The molecule has 1 fully saturated rings.